The maximum Gasteiger partial charge on any atom is 0.0946 e. The van der Waals surface area contributed by atoms with Crippen molar-refractivity contribution in [3.05, 3.63) is 40.6 Å². The fourth-order valence-corrected chi connectivity index (χ4v) is 3.98. The monoisotopic (exact) mass is 318 g/mol. The molecule has 1 aliphatic heterocycles. The van der Waals surface area contributed by atoms with Crippen molar-refractivity contribution in [3.8, 4) is 0 Å². The maximum atomic E-state index is 4.08. The third-order valence-electron chi connectivity index (χ3n) is 4.29. The van der Waals surface area contributed by atoms with Gasteiger partial charge in [-0.05, 0) is 50.0 Å². The molecule has 2 aromatic rings. The summed E-state index contributed by atoms with van der Waals surface area (Å²) >= 11 is 1.90. The highest BCUT2D eigenvalue weighted by molar-refractivity contribution is 7.10. The number of hydrogen-bond donors (Lipinski definition) is 0. The van der Waals surface area contributed by atoms with Crippen molar-refractivity contribution in [1.29, 1.82) is 0 Å². The van der Waals surface area contributed by atoms with Crippen molar-refractivity contribution in [3.63, 3.8) is 0 Å². The van der Waals surface area contributed by atoms with Gasteiger partial charge in [-0.2, -0.15) is 0 Å². The van der Waals surface area contributed by atoms with Gasteiger partial charge in [-0.15, -0.1) is 11.3 Å². The van der Waals surface area contributed by atoms with Crippen LogP contribution in [0.1, 0.15) is 29.7 Å². The number of hydrogen-bond acceptors (Lipinski definition) is 4. The van der Waals surface area contributed by atoms with Crippen LogP contribution in [0.2, 0.25) is 0 Å². The Kier molecular flexibility index (Phi) is 5.64. The zero-order valence-electron chi connectivity index (χ0n) is 13.4. The number of piperidine rings is 1. The molecule has 0 amide bonds. The zero-order chi connectivity index (χ0) is 15.2. The number of nitrogens with zero attached hydrogens (tertiary/aromatic N) is 4. The molecule has 22 heavy (non-hydrogen) atoms. The molecule has 0 unspecified atom stereocenters. The molecule has 1 fully saturated rings. The third kappa shape index (κ3) is 4.66. The molecule has 3 heterocycles. The Balaban J connectivity index is 1.44. The first-order valence-corrected chi connectivity index (χ1v) is 9.10. The van der Waals surface area contributed by atoms with Gasteiger partial charge in [0.1, 0.15) is 0 Å². The standard InChI is InChI=1S/C17H26N4S/c1-19(9-10-21-8-5-18-15-21)13-17-11-16(14-22-17)12-20-6-3-2-4-7-20/h5,8,11,14-15H,2-4,6-7,9-10,12-13H2,1H3. The lowest BCUT2D eigenvalue weighted by molar-refractivity contribution is 0.221. The van der Waals surface area contributed by atoms with Crippen LogP contribution in [0.3, 0.4) is 0 Å². The molecule has 0 atom stereocenters. The maximum absolute atomic E-state index is 4.08. The first-order chi connectivity index (χ1) is 10.8. The molecule has 0 saturated carbocycles. The first-order valence-electron chi connectivity index (χ1n) is 8.22. The van der Waals surface area contributed by atoms with Crippen LogP contribution in [0, 0.1) is 0 Å². The number of aromatic nitrogens is 2. The lowest BCUT2D eigenvalue weighted by atomic mass is 10.1. The Morgan fingerprint density at radius 2 is 2.14 bits per heavy atom. The minimum atomic E-state index is 1.00. The highest BCUT2D eigenvalue weighted by Crippen LogP contribution is 2.19. The Morgan fingerprint density at radius 3 is 2.91 bits per heavy atom. The summed E-state index contributed by atoms with van der Waals surface area (Å²) in [6.07, 6.45) is 9.90. The van der Waals surface area contributed by atoms with E-state index in [1.54, 1.807) is 0 Å². The SMILES string of the molecule is CN(CCn1ccnc1)Cc1cc(CN2CCCCC2)cs1. The molecule has 0 aromatic carbocycles. The zero-order valence-corrected chi connectivity index (χ0v) is 14.3. The summed E-state index contributed by atoms with van der Waals surface area (Å²) < 4.78 is 2.13. The van der Waals surface area contributed by atoms with Crippen LogP contribution in [0.15, 0.2) is 30.2 Å². The smallest absolute Gasteiger partial charge is 0.0946 e. The highest BCUT2D eigenvalue weighted by atomic mass is 32.1. The van der Waals surface area contributed by atoms with E-state index in [-0.39, 0.29) is 0 Å². The highest BCUT2D eigenvalue weighted by Gasteiger charge is 2.11. The van der Waals surface area contributed by atoms with Gasteiger partial charge in [0.25, 0.3) is 0 Å². The molecule has 2 aromatic heterocycles. The largest absolute Gasteiger partial charge is 0.336 e. The number of rotatable bonds is 7. The summed E-state index contributed by atoms with van der Waals surface area (Å²) in [5, 5.41) is 2.34. The molecule has 0 N–H and O–H groups in total. The van der Waals surface area contributed by atoms with Crippen molar-refractivity contribution in [2.45, 2.75) is 38.9 Å². The Bertz CT molecular complexity index is 543. The van der Waals surface area contributed by atoms with Gasteiger partial charge in [0.05, 0.1) is 6.33 Å². The van der Waals surface area contributed by atoms with E-state index in [1.807, 2.05) is 30.1 Å². The average molecular weight is 318 g/mol. The van der Waals surface area contributed by atoms with E-state index in [0.717, 1.165) is 26.2 Å². The molecular formula is C17H26N4S. The van der Waals surface area contributed by atoms with E-state index in [4.69, 9.17) is 0 Å². The minimum Gasteiger partial charge on any atom is -0.336 e. The third-order valence-corrected chi connectivity index (χ3v) is 5.26. The summed E-state index contributed by atoms with van der Waals surface area (Å²) in [5.41, 5.74) is 1.49. The van der Waals surface area contributed by atoms with E-state index in [2.05, 4.69) is 37.8 Å². The molecule has 120 valence electrons. The first kappa shape index (κ1) is 15.7. The van der Waals surface area contributed by atoms with Crippen LogP contribution in [0.5, 0.6) is 0 Å². The number of imidazole rings is 1. The van der Waals surface area contributed by atoms with Crippen molar-refractivity contribution in [1.82, 2.24) is 19.4 Å². The van der Waals surface area contributed by atoms with E-state index in [0.29, 0.717) is 0 Å². The van der Waals surface area contributed by atoms with E-state index >= 15 is 0 Å². The predicted molar refractivity (Wildman–Crippen MR) is 92.0 cm³/mol. The minimum absolute atomic E-state index is 1.00. The van der Waals surface area contributed by atoms with Gasteiger partial charge < -0.3 is 4.57 Å². The molecule has 1 aliphatic rings. The van der Waals surface area contributed by atoms with Gasteiger partial charge >= 0.3 is 0 Å². The van der Waals surface area contributed by atoms with Crippen LogP contribution in [-0.2, 0) is 19.6 Å². The average Bonchev–Trinajstić information content (AvgIpc) is 3.18. The fraction of sp³-hybridized carbons (Fsp3) is 0.588. The quantitative estimate of drug-likeness (QED) is 0.784. The lowest BCUT2D eigenvalue weighted by Crippen LogP contribution is -2.28. The van der Waals surface area contributed by atoms with Crippen molar-refractivity contribution >= 4 is 11.3 Å². The van der Waals surface area contributed by atoms with Crippen molar-refractivity contribution in [2.75, 3.05) is 26.7 Å². The summed E-state index contributed by atoms with van der Waals surface area (Å²) in [7, 11) is 2.20. The van der Waals surface area contributed by atoms with E-state index in [9.17, 15) is 0 Å². The second-order valence-corrected chi connectivity index (χ2v) is 7.29. The van der Waals surface area contributed by atoms with Gasteiger partial charge in [0, 0.05) is 43.4 Å². The molecule has 1 saturated heterocycles. The Morgan fingerprint density at radius 1 is 1.27 bits per heavy atom. The normalized spacial score (nSPS) is 16.5. The van der Waals surface area contributed by atoms with Gasteiger partial charge in [0.15, 0.2) is 0 Å². The molecule has 0 aliphatic carbocycles. The molecule has 0 spiro atoms. The van der Waals surface area contributed by atoms with Gasteiger partial charge in [-0.25, -0.2) is 4.98 Å². The van der Waals surface area contributed by atoms with Gasteiger partial charge in [-0.1, -0.05) is 6.42 Å². The molecule has 0 bridgehead atoms. The number of likely N-dealkylation sites (N-methyl/N-ethyl adjacent to an activating group) is 1. The van der Waals surface area contributed by atoms with Crippen molar-refractivity contribution < 1.29 is 0 Å². The van der Waals surface area contributed by atoms with Gasteiger partial charge in [-0.3, -0.25) is 9.80 Å². The Labute approximate surface area is 137 Å². The molecule has 3 rings (SSSR count). The van der Waals surface area contributed by atoms with Crippen LogP contribution < -0.4 is 0 Å². The molecule has 5 heteroatoms. The summed E-state index contributed by atoms with van der Waals surface area (Å²) in [4.78, 5) is 10.5. The summed E-state index contributed by atoms with van der Waals surface area (Å²) in [6.45, 7) is 6.78. The van der Waals surface area contributed by atoms with Crippen molar-refractivity contribution in [2.24, 2.45) is 0 Å². The number of likely N-dealkylation sites (tertiary alicyclic amines) is 1. The lowest BCUT2D eigenvalue weighted by Gasteiger charge is -2.25. The van der Waals surface area contributed by atoms with Crippen LogP contribution in [0.4, 0.5) is 0 Å². The summed E-state index contributed by atoms with van der Waals surface area (Å²) in [5.74, 6) is 0. The van der Waals surface area contributed by atoms with Crippen LogP contribution >= 0.6 is 11.3 Å². The fourth-order valence-electron chi connectivity index (χ4n) is 3.02. The summed E-state index contributed by atoms with van der Waals surface area (Å²) in [6, 6.07) is 2.40. The second kappa shape index (κ2) is 7.90. The second-order valence-electron chi connectivity index (χ2n) is 6.30. The topological polar surface area (TPSA) is 24.3 Å². The van der Waals surface area contributed by atoms with E-state index < -0.39 is 0 Å². The van der Waals surface area contributed by atoms with Gasteiger partial charge in [0.2, 0.25) is 0 Å². The number of thiophene rings is 1. The van der Waals surface area contributed by atoms with Crippen LogP contribution in [-0.4, -0.2) is 46.0 Å². The molecule has 4 nitrogen and oxygen atoms in total. The molecular weight excluding hydrogens is 292 g/mol. The van der Waals surface area contributed by atoms with Crippen LogP contribution in [0.25, 0.3) is 0 Å². The molecule has 0 radical (unpaired) electrons. The predicted octanol–water partition coefficient (Wildman–Crippen LogP) is 3.06. The van der Waals surface area contributed by atoms with E-state index in [1.165, 1.54) is 42.8 Å². The Hall–Kier alpha value is -1.17.